The Bertz CT molecular complexity index is 457. The summed E-state index contributed by atoms with van der Waals surface area (Å²) in [5.41, 5.74) is 0. The molecule has 0 aliphatic carbocycles. The molecule has 0 aliphatic heterocycles. The van der Waals surface area contributed by atoms with Gasteiger partial charge in [-0.1, -0.05) is 12.1 Å². The van der Waals surface area contributed by atoms with Gasteiger partial charge in [0.05, 0.1) is 14.2 Å². The van der Waals surface area contributed by atoms with E-state index < -0.39 is 0 Å². The maximum absolute atomic E-state index is 5.23. The molecule has 96 valence electrons. The number of methoxy groups -OCH3 is 2. The topological polar surface area (TPSA) is 18.5 Å². The van der Waals surface area contributed by atoms with Crippen LogP contribution in [0.4, 0.5) is 0 Å². The van der Waals surface area contributed by atoms with Gasteiger partial charge in [-0.25, -0.2) is 0 Å². The van der Waals surface area contributed by atoms with Gasteiger partial charge in [-0.15, -0.1) is 0 Å². The van der Waals surface area contributed by atoms with Gasteiger partial charge in [-0.3, -0.25) is 0 Å². The Morgan fingerprint density at radius 1 is 0.778 bits per heavy atom. The molecule has 0 saturated heterocycles. The lowest BCUT2D eigenvalue weighted by atomic mass is 10.3. The van der Waals surface area contributed by atoms with Crippen molar-refractivity contribution in [3.8, 4) is 11.5 Å². The Hall–Kier alpha value is -0.940. The van der Waals surface area contributed by atoms with Gasteiger partial charge in [0, 0.05) is 12.1 Å². The fourth-order valence-electron chi connectivity index (χ4n) is 1.43. The average Bonchev–Trinajstić information content (AvgIpc) is 2.39. The van der Waals surface area contributed by atoms with Crippen LogP contribution in [0.1, 0.15) is 0 Å². The zero-order valence-corrected chi connectivity index (χ0v) is 13.1. The minimum atomic E-state index is -0.177. The van der Waals surface area contributed by atoms with E-state index in [0.717, 1.165) is 11.5 Å². The lowest BCUT2D eigenvalue weighted by Gasteiger charge is -1.97. The van der Waals surface area contributed by atoms with Crippen LogP contribution >= 0.6 is 0 Å². The molecule has 0 spiro atoms. The Kier molecular flexibility index (Phi) is 6.29. The van der Waals surface area contributed by atoms with Crippen molar-refractivity contribution >= 4 is 0 Å². The molecule has 0 N–H and O–H groups in total. The zero-order valence-electron chi connectivity index (χ0n) is 10.2. The van der Waals surface area contributed by atoms with E-state index in [-0.39, 0.29) is 33.6 Å². The monoisotopic (exact) mass is 376 g/mol. The Labute approximate surface area is 124 Å². The highest BCUT2D eigenvalue weighted by molar-refractivity contribution is 5.22. The molecule has 4 heteroatoms. The van der Waals surface area contributed by atoms with Crippen molar-refractivity contribution < 1.29 is 43.1 Å². The fourth-order valence-corrected chi connectivity index (χ4v) is 3.85. The third-order valence-corrected chi connectivity index (χ3v) is 4.87. The molecule has 0 amide bonds. The number of hydrogen-bond donors (Lipinski definition) is 0. The maximum Gasteiger partial charge on any atom is 0.358 e. The van der Waals surface area contributed by atoms with Crippen molar-refractivity contribution in [2.24, 2.45) is 0 Å². The van der Waals surface area contributed by atoms with Gasteiger partial charge < -0.3 is 21.9 Å². The summed E-state index contributed by atoms with van der Waals surface area (Å²) in [5, 5.41) is 0. The highest BCUT2D eigenvalue weighted by Crippen LogP contribution is 2.08. The molecule has 0 bridgehead atoms. The number of halogens is 2. The summed E-state index contributed by atoms with van der Waals surface area (Å²) in [4.78, 5) is 0. The molecule has 2 rings (SSSR count). The molecule has 2 aromatic rings. The zero-order chi connectivity index (χ0) is 12.1. The van der Waals surface area contributed by atoms with Crippen LogP contribution in [0.15, 0.2) is 48.5 Å². The van der Waals surface area contributed by atoms with Gasteiger partial charge in [0.25, 0.3) is 0 Å². The van der Waals surface area contributed by atoms with Crippen molar-refractivity contribution in [3.05, 3.63) is 55.7 Å². The van der Waals surface area contributed by atoms with Gasteiger partial charge in [0.1, 0.15) is 11.5 Å². The van der Waals surface area contributed by atoms with E-state index in [9.17, 15) is 0 Å². The number of ether oxygens (including phenoxy) is 2. The van der Waals surface area contributed by atoms with E-state index in [1.165, 1.54) is 7.14 Å². The predicted molar refractivity (Wildman–Crippen MR) is 63.4 cm³/mol. The Morgan fingerprint density at radius 3 is 1.61 bits per heavy atom. The first kappa shape index (κ1) is 15.1. The highest BCUT2D eigenvalue weighted by Gasteiger charge is 2.16. The van der Waals surface area contributed by atoms with E-state index in [0.29, 0.717) is 0 Å². The summed E-state index contributed by atoms with van der Waals surface area (Å²) in [7, 11) is 3.39. The molecule has 0 atom stereocenters. The minimum absolute atomic E-state index is 0. The van der Waals surface area contributed by atoms with Crippen molar-refractivity contribution in [1.82, 2.24) is 0 Å². The van der Waals surface area contributed by atoms with Crippen molar-refractivity contribution in [1.29, 1.82) is 0 Å². The summed E-state index contributed by atoms with van der Waals surface area (Å²) < 4.78 is 13.1. The van der Waals surface area contributed by atoms with Crippen molar-refractivity contribution in [2.75, 3.05) is 14.2 Å². The summed E-state index contributed by atoms with van der Waals surface area (Å²) in [5.74, 6) is 1.84. The first-order valence-electron chi connectivity index (χ1n) is 5.25. The molecule has 18 heavy (non-hydrogen) atoms. The maximum atomic E-state index is 5.23. The van der Waals surface area contributed by atoms with Crippen LogP contribution in [0.25, 0.3) is 0 Å². The van der Waals surface area contributed by atoms with Crippen LogP contribution in [0.2, 0.25) is 0 Å². The summed E-state index contributed by atoms with van der Waals surface area (Å²) in [6, 6.07) is 16.5. The van der Waals surface area contributed by atoms with Gasteiger partial charge in [-0.2, -0.15) is 0 Å². The lowest BCUT2D eigenvalue weighted by molar-refractivity contribution is -0.597. The van der Waals surface area contributed by atoms with E-state index >= 15 is 0 Å². The highest BCUT2D eigenvalue weighted by atomic mass is 127. The van der Waals surface area contributed by atoms with Gasteiger partial charge >= 0.3 is 21.2 Å². The molecule has 0 saturated carbocycles. The smallest absolute Gasteiger partial charge is 0.358 e. The normalized spacial score (nSPS) is 9.44. The van der Waals surface area contributed by atoms with Gasteiger partial charge in [0.15, 0.2) is 7.14 Å². The van der Waals surface area contributed by atoms with Crippen LogP contribution in [-0.2, 0) is 0 Å². The molecule has 0 aliphatic rings. The summed E-state index contributed by atoms with van der Waals surface area (Å²) >= 11 is -0.177. The Balaban J connectivity index is 0.00000162. The molecule has 2 nitrogen and oxygen atoms in total. The molecule has 0 fully saturated rings. The molecule has 0 heterocycles. The number of rotatable bonds is 4. The molecular formula is C14H14ClIO2. The molecule has 0 aromatic heterocycles. The van der Waals surface area contributed by atoms with Crippen LogP contribution in [0.3, 0.4) is 0 Å². The third-order valence-electron chi connectivity index (χ3n) is 2.28. The summed E-state index contributed by atoms with van der Waals surface area (Å²) in [6.45, 7) is 0. The van der Waals surface area contributed by atoms with Crippen molar-refractivity contribution in [2.45, 2.75) is 0 Å². The first-order chi connectivity index (χ1) is 8.31. The second-order valence-electron chi connectivity index (χ2n) is 3.42. The van der Waals surface area contributed by atoms with E-state index in [1.807, 2.05) is 24.3 Å². The van der Waals surface area contributed by atoms with Crippen LogP contribution in [-0.4, -0.2) is 14.2 Å². The van der Waals surface area contributed by atoms with Gasteiger partial charge in [-0.05, 0) is 24.3 Å². The predicted octanol–water partition coefficient (Wildman–Crippen LogP) is -3.16. The SMILES string of the molecule is COc1cccc([I+]c2cccc(OC)c2)c1.[Cl-]. The standard InChI is InChI=1S/C14H14IO2.ClH/c1-16-13-7-3-5-11(9-13)15-12-6-4-8-14(10-12)17-2;/h3-10H,1-2H3;1H/q+1;/p-1. The molecular weight excluding hydrogens is 363 g/mol. The van der Waals surface area contributed by atoms with E-state index in [4.69, 9.17) is 9.47 Å². The van der Waals surface area contributed by atoms with Crippen LogP contribution < -0.4 is 43.1 Å². The largest absolute Gasteiger partial charge is 1.00 e. The molecule has 2 aromatic carbocycles. The second kappa shape index (κ2) is 7.48. The molecule has 0 unspecified atom stereocenters. The second-order valence-corrected chi connectivity index (χ2v) is 6.45. The first-order valence-corrected chi connectivity index (χ1v) is 7.40. The van der Waals surface area contributed by atoms with Gasteiger partial charge in [0.2, 0.25) is 0 Å². The quantitative estimate of drug-likeness (QED) is 0.525. The minimum Gasteiger partial charge on any atom is -1.00 e. The average molecular weight is 377 g/mol. The van der Waals surface area contributed by atoms with Crippen molar-refractivity contribution in [3.63, 3.8) is 0 Å². The molecule has 0 radical (unpaired) electrons. The van der Waals surface area contributed by atoms with Crippen LogP contribution in [0.5, 0.6) is 11.5 Å². The number of hydrogen-bond acceptors (Lipinski definition) is 2. The lowest BCUT2D eigenvalue weighted by Crippen LogP contribution is -3.61. The fraction of sp³-hybridized carbons (Fsp3) is 0.143. The van der Waals surface area contributed by atoms with E-state index in [1.54, 1.807) is 14.2 Å². The Morgan fingerprint density at radius 2 is 1.22 bits per heavy atom. The van der Waals surface area contributed by atoms with E-state index in [2.05, 4.69) is 24.3 Å². The third kappa shape index (κ3) is 4.07. The summed E-state index contributed by atoms with van der Waals surface area (Å²) in [6.07, 6.45) is 0. The number of benzene rings is 2. The van der Waals surface area contributed by atoms with Crippen LogP contribution in [0, 0.1) is 7.14 Å².